The molecule has 2 aromatic rings. The number of fused-ring (bicyclic) bond motifs is 1. The summed E-state index contributed by atoms with van der Waals surface area (Å²) in [7, 11) is 2.17. The highest BCUT2D eigenvalue weighted by atomic mass is 16.5. The van der Waals surface area contributed by atoms with E-state index in [1.807, 2.05) is 18.3 Å². The van der Waals surface area contributed by atoms with Crippen molar-refractivity contribution in [2.75, 3.05) is 51.2 Å². The van der Waals surface area contributed by atoms with Crippen LogP contribution in [0.4, 0.5) is 5.82 Å². The summed E-state index contributed by atoms with van der Waals surface area (Å²) in [6.07, 6.45) is 3.01. The number of anilines is 1. The first-order chi connectivity index (χ1) is 14.7. The van der Waals surface area contributed by atoms with Crippen molar-refractivity contribution in [1.29, 1.82) is 0 Å². The normalized spacial score (nSPS) is 19.3. The summed E-state index contributed by atoms with van der Waals surface area (Å²) in [4.78, 5) is 14.1. The van der Waals surface area contributed by atoms with Gasteiger partial charge in [0.2, 0.25) is 0 Å². The monoisotopic (exact) mass is 408 g/mol. The second-order valence-corrected chi connectivity index (χ2v) is 7.94. The summed E-state index contributed by atoms with van der Waals surface area (Å²) in [5.74, 6) is 2.86. The molecule has 0 spiro atoms. The molecular weight excluding hydrogens is 376 g/mol. The summed E-state index contributed by atoms with van der Waals surface area (Å²) < 4.78 is 6.01. The molecule has 1 fully saturated rings. The number of hydrogen-bond donors (Lipinski definition) is 2. The van der Waals surface area contributed by atoms with E-state index < -0.39 is 0 Å². The Balaban J connectivity index is 1.29. The van der Waals surface area contributed by atoms with Crippen LogP contribution in [0, 0.1) is 0 Å². The van der Waals surface area contributed by atoms with Gasteiger partial charge in [0.1, 0.15) is 17.7 Å². The summed E-state index contributed by atoms with van der Waals surface area (Å²) >= 11 is 0. The van der Waals surface area contributed by atoms with Crippen LogP contribution in [0.25, 0.3) is 0 Å². The van der Waals surface area contributed by atoms with Crippen LogP contribution in [0.15, 0.2) is 47.6 Å². The molecule has 7 heteroatoms. The number of aromatic nitrogens is 1. The van der Waals surface area contributed by atoms with Crippen LogP contribution in [0.1, 0.15) is 18.1 Å². The molecule has 0 saturated carbocycles. The largest absolute Gasteiger partial charge is 0.488 e. The number of piperazine rings is 1. The van der Waals surface area contributed by atoms with Gasteiger partial charge in [-0.25, -0.2) is 9.98 Å². The summed E-state index contributed by atoms with van der Waals surface area (Å²) in [6.45, 7) is 8.44. The zero-order valence-electron chi connectivity index (χ0n) is 18.0. The number of nitrogens with zero attached hydrogens (tertiary/aromatic N) is 4. The highest BCUT2D eigenvalue weighted by molar-refractivity contribution is 5.79. The number of hydrogen-bond acceptors (Lipinski definition) is 5. The molecule has 2 N–H and O–H groups in total. The van der Waals surface area contributed by atoms with E-state index in [-0.39, 0.29) is 6.10 Å². The lowest BCUT2D eigenvalue weighted by Crippen LogP contribution is -2.44. The second-order valence-electron chi connectivity index (χ2n) is 7.94. The van der Waals surface area contributed by atoms with Gasteiger partial charge in [0.15, 0.2) is 5.96 Å². The fourth-order valence-electron chi connectivity index (χ4n) is 3.82. The van der Waals surface area contributed by atoms with Crippen LogP contribution < -0.4 is 20.3 Å². The van der Waals surface area contributed by atoms with Crippen LogP contribution in [-0.2, 0) is 13.0 Å². The standard InChI is InChI=1S/C23H32N6O/c1-3-24-23(27-17-20-14-19-6-4-5-7-21(19)30-20)26-16-18-8-9-22(25-15-18)29-12-10-28(2)11-13-29/h4-9,15,20H,3,10-14,16-17H2,1-2H3,(H2,24,26,27). The molecule has 2 aliphatic heterocycles. The molecule has 1 unspecified atom stereocenters. The highest BCUT2D eigenvalue weighted by Crippen LogP contribution is 2.27. The smallest absolute Gasteiger partial charge is 0.191 e. The first kappa shape index (κ1) is 20.5. The Morgan fingerprint density at radius 3 is 2.70 bits per heavy atom. The SMILES string of the molecule is CCNC(=NCc1ccc(N2CCN(C)CC2)nc1)NCC1Cc2ccccc2O1. The van der Waals surface area contributed by atoms with Gasteiger partial charge >= 0.3 is 0 Å². The molecule has 1 aromatic carbocycles. The minimum Gasteiger partial charge on any atom is -0.488 e. The van der Waals surface area contributed by atoms with Crippen molar-refractivity contribution in [2.24, 2.45) is 4.99 Å². The van der Waals surface area contributed by atoms with E-state index in [1.165, 1.54) is 5.56 Å². The lowest BCUT2D eigenvalue weighted by Gasteiger charge is -2.33. The Hall–Kier alpha value is -2.80. The van der Waals surface area contributed by atoms with Crippen LogP contribution in [0.5, 0.6) is 5.75 Å². The second kappa shape index (κ2) is 9.80. The van der Waals surface area contributed by atoms with Crippen molar-refractivity contribution in [3.8, 4) is 5.75 Å². The molecule has 0 bridgehead atoms. The Labute approximate surface area is 179 Å². The number of likely N-dealkylation sites (N-methyl/N-ethyl adjacent to an activating group) is 1. The van der Waals surface area contributed by atoms with Crippen LogP contribution in [-0.4, -0.2) is 68.3 Å². The van der Waals surface area contributed by atoms with E-state index in [0.717, 1.165) is 68.8 Å². The van der Waals surface area contributed by atoms with E-state index in [1.54, 1.807) is 0 Å². The Kier molecular flexibility index (Phi) is 6.69. The van der Waals surface area contributed by atoms with Gasteiger partial charge in [0, 0.05) is 45.3 Å². The van der Waals surface area contributed by atoms with Crippen molar-refractivity contribution in [1.82, 2.24) is 20.5 Å². The number of benzene rings is 1. The zero-order chi connectivity index (χ0) is 20.8. The number of aliphatic imine (C=N–C) groups is 1. The van der Waals surface area contributed by atoms with Crippen LogP contribution in [0.3, 0.4) is 0 Å². The van der Waals surface area contributed by atoms with Crippen LogP contribution >= 0.6 is 0 Å². The van der Waals surface area contributed by atoms with Gasteiger partial charge in [0.25, 0.3) is 0 Å². The average molecular weight is 409 g/mol. The van der Waals surface area contributed by atoms with Gasteiger partial charge in [0.05, 0.1) is 13.1 Å². The van der Waals surface area contributed by atoms with Crippen molar-refractivity contribution in [3.05, 3.63) is 53.7 Å². The topological polar surface area (TPSA) is 65.0 Å². The molecule has 2 aliphatic rings. The number of pyridine rings is 1. The average Bonchev–Trinajstić information content (AvgIpc) is 3.20. The van der Waals surface area contributed by atoms with Crippen molar-refractivity contribution in [3.63, 3.8) is 0 Å². The summed E-state index contributed by atoms with van der Waals surface area (Å²) in [5.41, 5.74) is 2.38. The zero-order valence-corrected chi connectivity index (χ0v) is 18.0. The van der Waals surface area contributed by atoms with Gasteiger partial charge in [-0.1, -0.05) is 24.3 Å². The highest BCUT2D eigenvalue weighted by Gasteiger charge is 2.22. The third-order valence-corrected chi connectivity index (χ3v) is 5.61. The van der Waals surface area contributed by atoms with Gasteiger partial charge in [-0.3, -0.25) is 0 Å². The predicted octanol–water partition coefficient (Wildman–Crippen LogP) is 1.89. The van der Waals surface area contributed by atoms with E-state index >= 15 is 0 Å². The van der Waals surface area contributed by atoms with Crippen molar-refractivity contribution >= 4 is 11.8 Å². The minimum absolute atomic E-state index is 0.135. The van der Waals surface area contributed by atoms with E-state index in [0.29, 0.717) is 6.54 Å². The predicted molar refractivity (Wildman–Crippen MR) is 121 cm³/mol. The maximum atomic E-state index is 6.01. The molecule has 1 saturated heterocycles. The molecule has 7 nitrogen and oxygen atoms in total. The molecular formula is C23H32N6O. The lowest BCUT2D eigenvalue weighted by atomic mass is 10.1. The quantitative estimate of drug-likeness (QED) is 0.562. The molecule has 1 aromatic heterocycles. The number of para-hydroxylation sites is 1. The molecule has 0 radical (unpaired) electrons. The molecule has 4 rings (SSSR count). The first-order valence-corrected chi connectivity index (χ1v) is 10.9. The van der Waals surface area contributed by atoms with Crippen molar-refractivity contribution < 1.29 is 4.74 Å². The molecule has 3 heterocycles. The molecule has 1 atom stereocenters. The summed E-state index contributed by atoms with van der Waals surface area (Å²) in [5, 5.41) is 6.73. The van der Waals surface area contributed by atoms with E-state index in [9.17, 15) is 0 Å². The first-order valence-electron chi connectivity index (χ1n) is 10.9. The summed E-state index contributed by atoms with van der Waals surface area (Å²) in [6, 6.07) is 12.5. The fourth-order valence-corrected chi connectivity index (χ4v) is 3.82. The number of guanidine groups is 1. The van der Waals surface area contributed by atoms with Gasteiger partial charge in [-0.2, -0.15) is 0 Å². The maximum absolute atomic E-state index is 6.01. The molecule has 0 aliphatic carbocycles. The van der Waals surface area contributed by atoms with E-state index in [4.69, 9.17) is 9.73 Å². The third kappa shape index (κ3) is 5.21. The van der Waals surface area contributed by atoms with Gasteiger partial charge < -0.3 is 25.2 Å². The molecule has 160 valence electrons. The number of ether oxygens (including phenoxy) is 1. The Bertz CT molecular complexity index is 820. The van der Waals surface area contributed by atoms with Crippen molar-refractivity contribution in [2.45, 2.75) is 26.0 Å². The Morgan fingerprint density at radius 2 is 1.97 bits per heavy atom. The number of nitrogens with one attached hydrogen (secondary N) is 2. The maximum Gasteiger partial charge on any atom is 0.191 e. The van der Waals surface area contributed by atoms with Gasteiger partial charge in [-0.15, -0.1) is 0 Å². The molecule has 30 heavy (non-hydrogen) atoms. The van der Waals surface area contributed by atoms with Crippen LogP contribution in [0.2, 0.25) is 0 Å². The Morgan fingerprint density at radius 1 is 1.13 bits per heavy atom. The number of rotatable bonds is 6. The molecule has 0 amide bonds. The van der Waals surface area contributed by atoms with E-state index in [2.05, 4.69) is 63.7 Å². The van der Waals surface area contributed by atoms with Gasteiger partial charge in [-0.05, 0) is 37.2 Å². The lowest BCUT2D eigenvalue weighted by molar-refractivity contribution is 0.235. The fraction of sp³-hybridized carbons (Fsp3) is 0.478. The minimum atomic E-state index is 0.135. The third-order valence-electron chi connectivity index (χ3n) is 5.61.